The maximum absolute atomic E-state index is 12.4. The molecule has 0 bridgehead atoms. The van der Waals surface area contributed by atoms with Crippen LogP contribution in [0, 0.1) is 0 Å². The van der Waals surface area contributed by atoms with Crippen LogP contribution in [0.1, 0.15) is 12.5 Å². The first kappa shape index (κ1) is 16.8. The van der Waals surface area contributed by atoms with Crippen LogP contribution in [0.3, 0.4) is 0 Å². The summed E-state index contributed by atoms with van der Waals surface area (Å²) in [5, 5.41) is 0.610. The number of nitrogens with zero attached hydrogens (tertiary/aromatic N) is 2. The second-order valence-corrected chi connectivity index (χ2v) is 5.52. The fourth-order valence-electron chi connectivity index (χ4n) is 2.62. The molecule has 0 aliphatic rings. The molecule has 0 saturated carbocycles. The number of fused-ring (bicyclic) bond motifs is 1. The summed E-state index contributed by atoms with van der Waals surface area (Å²) in [5.41, 5.74) is 1.68. The number of allylic oxidation sites excluding steroid dienone is 1. The van der Waals surface area contributed by atoms with Crippen LogP contribution in [0.2, 0.25) is 0 Å². The molecule has 5 heteroatoms. The second kappa shape index (κ2) is 7.66. The van der Waals surface area contributed by atoms with Crippen molar-refractivity contribution in [3.63, 3.8) is 0 Å². The molecular formula is C20H20N2O3. The first-order chi connectivity index (χ1) is 12.2. The molecule has 1 aromatic heterocycles. The van der Waals surface area contributed by atoms with Gasteiger partial charge >= 0.3 is 0 Å². The summed E-state index contributed by atoms with van der Waals surface area (Å²) in [4.78, 5) is 16.8. The van der Waals surface area contributed by atoms with Crippen molar-refractivity contribution < 1.29 is 9.47 Å². The molecule has 0 spiro atoms. The zero-order chi connectivity index (χ0) is 17.6. The van der Waals surface area contributed by atoms with Gasteiger partial charge in [-0.3, -0.25) is 9.36 Å². The summed E-state index contributed by atoms with van der Waals surface area (Å²) in [6.45, 7) is 2.72. The minimum absolute atomic E-state index is 0.0652. The van der Waals surface area contributed by atoms with Gasteiger partial charge in [0.1, 0.15) is 6.61 Å². The Labute approximate surface area is 146 Å². The highest BCUT2D eigenvalue weighted by molar-refractivity contribution is 5.76. The van der Waals surface area contributed by atoms with E-state index in [1.165, 1.54) is 0 Å². The minimum atomic E-state index is -0.0652. The Morgan fingerprint density at radius 2 is 2.00 bits per heavy atom. The molecule has 0 N–H and O–H groups in total. The number of rotatable bonds is 6. The number of aromatic nitrogens is 2. The second-order valence-electron chi connectivity index (χ2n) is 5.52. The van der Waals surface area contributed by atoms with Crippen molar-refractivity contribution in [3.8, 4) is 11.5 Å². The summed E-state index contributed by atoms with van der Waals surface area (Å²) in [6.07, 6.45) is 5.52. The van der Waals surface area contributed by atoms with E-state index < -0.39 is 0 Å². The number of ether oxygens (including phenoxy) is 2. The highest BCUT2D eigenvalue weighted by Gasteiger charge is 2.07. The van der Waals surface area contributed by atoms with Crippen LogP contribution in [0.15, 0.2) is 59.7 Å². The van der Waals surface area contributed by atoms with Crippen LogP contribution in [-0.4, -0.2) is 23.3 Å². The van der Waals surface area contributed by atoms with Crippen molar-refractivity contribution in [2.75, 3.05) is 13.7 Å². The van der Waals surface area contributed by atoms with Crippen molar-refractivity contribution >= 4 is 17.0 Å². The van der Waals surface area contributed by atoms with Crippen molar-refractivity contribution in [2.45, 2.75) is 13.5 Å². The van der Waals surface area contributed by atoms with Gasteiger partial charge in [-0.2, -0.15) is 0 Å². The lowest BCUT2D eigenvalue weighted by atomic mass is 10.2. The Bertz CT molecular complexity index is 961. The van der Waals surface area contributed by atoms with E-state index in [1.807, 2.05) is 55.5 Å². The van der Waals surface area contributed by atoms with Gasteiger partial charge in [0.2, 0.25) is 0 Å². The number of hydrogen-bond donors (Lipinski definition) is 0. The van der Waals surface area contributed by atoms with Crippen LogP contribution >= 0.6 is 0 Å². The maximum atomic E-state index is 12.4. The number of benzene rings is 2. The Morgan fingerprint density at radius 1 is 1.16 bits per heavy atom. The fraction of sp³-hybridized carbons (Fsp3) is 0.200. The summed E-state index contributed by atoms with van der Waals surface area (Å²) < 4.78 is 12.7. The Hall–Kier alpha value is -3.08. The number of methoxy groups -OCH3 is 1. The van der Waals surface area contributed by atoms with Gasteiger partial charge in [0, 0.05) is 0 Å². The third-order valence-electron chi connectivity index (χ3n) is 3.87. The van der Waals surface area contributed by atoms with Crippen LogP contribution in [0.5, 0.6) is 11.5 Å². The van der Waals surface area contributed by atoms with E-state index in [0.717, 1.165) is 5.56 Å². The standard InChI is InChI=1S/C20H20N2O3/c1-3-6-15-9-10-18(19(13-15)24-2)25-12-11-22-14-21-17-8-5-4-7-16(17)20(22)23/h3-10,13-14H,11-12H2,1-2H3/b6-3-. The highest BCUT2D eigenvalue weighted by Crippen LogP contribution is 2.28. The molecule has 0 atom stereocenters. The normalized spacial score (nSPS) is 11.1. The average Bonchev–Trinajstić information content (AvgIpc) is 2.65. The number of hydrogen-bond acceptors (Lipinski definition) is 4. The fourth-order valence-corrected chi connectivity index (χ4v) is 2.62. The predicted molar refractivity (Wildman–Crippen MR) is 99.2 cm³/mol. The van der Waals surface area contributed by atoms with Gasteiger partial charge in [-0.15, -0.1) is 0 Å². The lowest BCUT2D eigenvalue weighted by Crippen LogP contribution is -2.23. The van der Waals surface area contributed by atoms with E-state index in [4.69, 9.17) is 9.47 Å². The SMILES string of the molecule is C/C=C\c1ccc(OCCn2cnc3ccccc3c2=O)c(OC)c1. The Morgan fingerprint density at radius 3 is 2.80 bits per heavy atom. The maximum Gasteiger partial charge on any atom is 0.261 e. The average molecular weight is 336 g/mol. The third-order valence-corrected chi connectivity index (χ3v) is 3.87. The van der Waals surface area contributed by atoms with E-state index >= 15 is 0 Å². The zero-order valence-corrected chi connectivity index (χ0v) is 14.3. The molecular weight excluding hydrogens is 316 g/mol. The summed E-state index contributed by atoms with van der Waals surface area (Å²) in [7, 11) is 1.61. The first-order valence-corrected chi connectivity index (χ1v) is 8.10. The molecule has 0 fully saturated rings. The van der Waals surface area contributed by atoms with Gasteiger partial charge in [-0.25, -0.2) is 4.98 Å². The van der Waals surface area contributed by atoms with E-state index in [9.17, 15) is 4.79 Å². The molecule has 3 aromatic rings. The van der Waals surface area contributed by atoms with Gasteiger partial charge in [0.05, 0.1) is 30.9 Å². The molecule has 25 heavy (non-hydrogen) atoms. The van der Waals surface area contributed by atoms with Gasteiger partial charge < -0.3 is 9.47 Å². The molecule has 0 radical (unpaired) electrons. The van der Waals surface area contributed by atoms with E-state index in [-0.39, 0.29) is 5.56 Å². The zero-order valence-electron chi connectivity index (χ0n) is 14.3. The van der Waals surface area contributed by atoms with Crippen LogP contribution in [0.25, 0.3) is 17.0 Å². The number of para-hydroxylation sites is 1. The van der Waals surface area contributed by atoms with Gasteiger partial charge in [-0.1, -0.05) is 30.4 Å². The van der Waals surface area contributed by atoms with Gasteiger partial charge in [0.15, 0.2) is 11.5 Å². The molecule has 3 rings (SSSR count). The molecule has 0 aliphatic heterocycles. The molecule has 1 heterocycles. The van der Waals surface area contributed by atoms with Crippen LogP contribution in [-0.2, 0) is 6.54 Å². The van der Waals surface area contributed by atoms with Crippen LogP contribution < -0.4 is 15.0 Å². The lowest BCUT2D eigenvalue weighted by molar-refractivity contribution is 0.278. The highest BCUT2D eigenvalue weighted by atomic mass is 16.5. The van der Waals surface area contributed by atoms with Crippen molar-refractivity contribution in [2.24, 2.45) is 0 Å². The molecule has 0 aliphatic carbocycles. The molecule has 5 nitrogen and oxygen atoms in total. The molecule has 0 amide bonds. The molecule has 128 valence electrons. The smallest absolute Gasteiger partial charge is 0.261 e. The molecule has 2 aromatic carbocycles. The van der Waals surface area contributed by atoms with Crippen molar-refractivity contribution in [1.29, 1.82) is 0 Å². The van der Waals surface area contributed by atoms with Crippen LogP contribution in [0.4, 0.5) is 0 Å². The summed E-state index contributed by atoms with van der Waals surface area (Å²) in [5.74, 6) is 1.32. The monoisotopic (exact) mass is 336 g/mol. The van der Waals surface area contributed by atoms with Crippen molar-refractivity contribution in [3.05, 3.63) is 70.8 Å². The van der Waals surface area contributed by atoms with Gasteiger partial charge in [-0.05, 0) is 36.8 Å². The third kappa shape index (κ3) is 3.71. The summed E-state index contributed by atoms with van der Waals surface area (Å²) in [6, 6.07) is 13.1. The van der Waals surface area contributed by atoms with E-state index in [2.05, 4.69) is 4.98 Å². The largest absolute Gasteiger partial charge is 0.493 e. The Balaban J connectivity index is 1.73. The van der Waals surface area contributed by atoms with Gasteiger partial charge in [0.25, 0.3) is 5.56 Å². The van der Waals surface area contributed by atoms with Crippen molar-refractivity contribution in [1.82, 2.24) is 9.55 Å². The Kier molecular flexibility index (Phi) is 5.14. The molecule has 0 unspecified atom stereocenters. The minimum Gasteiger partial charge on any atom is -0.493 e. The predicted octanol–water partition coefficient (Wildman–Crippen LogP) is 3.52. The molecule has 0 saturated heterocycles. The van der Waals surface area contributed by atoms with E-state index in [0.29, 0.717) is 35.6 Å². The lowest BCUT2D eigenvalue weighted by Gasteiger charge is -2.12. The van der Waals surface area contributed by atoms with E-state index in [1.54, 1.807) is 24.1 Å². The topological polar surface area (TPSA) is 53.4 Å². The first-order valence-electron chi connectivity index (χ1n) is 8.10. The summed E-state index contributed by atoms with van der Waals surface area (Å²) >= 11 is 0. The quantitative estimate of drug-likeness (QED) is 0.691.